The molecule has 0 radical (unpaired) electrons. The van der Waals surface area contributed by atoms with Gasteiger partial charge < -0.3 is 15.6 Å². The van der Waals surface area contributed by atoms with Crippen molar-refractivity contribution in [3.8, 4) is 0 Å². The normalized spacial score (nSPS) is 16.7. The van der Waals surface area contributed by atoms with Gasteiger partial charge in [-0.3, -0.25) is 0 Å². The van der Waals surface area contributed by atoms with E-state index in [4.69, 9.17) is 0 Å². The van der Waals surface area contributed by atoms with Gasteiger partial charge in [0, 0.05) is 40.3 Å². The fraction of sp³-hybridized carbons (Fsp3) is 0.217. The molecule has 4 heteroatoms. The number of H-pyrrole nitrogens is 1. The fourth-order valence-corrected chi connectivity index (χ4v) is 3.68. The molecule has 138 valence electrons. The molecular weight excluding hydrogens is 337 g/mol. The number of nitrogens with one attached hydrogen (secondary N) is 3. The second-order valence-electron chi connectivity index (χ2n) is 7.04. The van der Waals surface area contributed by atoms with Crippen LogP contribution in [-0.2, 0) is 0 Å². The highest BCUT2D eigenvalue weighted by Crippen LogP contribution is 2.28. The van der Waals surface area contributed by atoms with Crippen LogP contribution in [0.1, 0.15) is 36.9 Å². The summed E-state index contributed by atoms with van der Waals surface area (Å²) in [5, 5.41) is 9.26. The van der Waals surface area contributed by atoms with E-state index in [0.29, 0.717) is 0 Å². The van der Waals surface area contributed by atoms with Gasteiger partial charge in [0.2, 0.25) is 0 Å². The summed E-state index contributed by atoms with van der Waals surface area (Å²) >= 11 is 0. The number of allylic oxidation sites excluding steroid dienone is 2. The summed E-state index contributed by atoms with van der Waals surface area (Å²) in [6.07, 6.45) is 12.8. The van der Waals surface area contributed by atoms with E-state index in [1.807, 2.05) is 25.3 Å². The van der Waals surface area contributed by atoms with Crippen LogP contribution in [0.15, 0.2) is 60.6 Å². The SMILES string of the molecule is C=C(c1c[nH]c2c1=CCCC=2)C(NC1=CCNC(C)=C1)c1ccc(F)cc1. The zero-order valence-corrected chi connectivity index (χ0v) is 15.5. The second-order valence-corrected chi connectivity index (χ2v) is 7.04. The molecule has 1 aliphatic carbocycles. The number of fused-ring (bicyclic) bond motifs is 1. The lowest BCUT2D eigenvalue weighted by Gasteiger charge is -2.25. The molecule has 2 aliphatic rings. The molecule has 2 heterocycles. The van der Waals surface area contributed by atoms with Crippen LogP contribution >= 0.6 is 0 Å². The summed E-state index contributed by atoms with van der Waals surface area (Å²) in [5.74, 6) is -0.234. The van der Waals surface area contributed by atoms with Crippen molar-refractivity contribution in [1.29, 1.82) is 0 Å². The number of benzene rings is 1. The van der Waals surface area contributed by atoms with Crippen LogP contribution in [0.25, 0.3) is 17.7 Å². The maximum absolute atomic E-state index is 13.5. The van der Waals surface area contributed by atoms with E-state index in [9.17, 15) is 4.39 Å². The molecule has 1 aromatic carbocycles. The minimum Gasteiger partial charge on any atom is -0.385 e. The Morgan fingerprint density at radius 3 is 2.70 bits per heavy atom. The standard InChI is InChI=1S/C23H24FN3/c1-15-13-19(11-12-25-15)27-23(17-7-9-18(24)10-8-17)16(2)21-14-26-22-6-4-3-5-20(21)22/h5-11,13-14,23,25-27H,2-4,12H2,1H3. The molecule has 4 rings (SSSR count). The smallest absolute Gasteiger partial charge is 0.123 e. The van der Waals surface area contributed by atoms with E-state index in [1.165, 1.54) is 17.4 Å². The van der Waals surface area contributed by atoms with E-state index < -0.39 is 0 Å². The Hall–Kier alpha value is -3.01. The minimum absolute atomic E-state index is 0.144. The highest BCUT2D eigenvalue weighted by Gasteiger charge is 2.20. The first kappa shape index (κ1) is 17.4. The molecule has 1 aliphatic heterocycles. The van der Waals surface area contributed by atoms with Crippen LogP contribution < -0.4 is 21.2 Å². The molecule has 1 aromatic heterocycles. The molecular formula is C23H24FN3. The average Bonchev–Trinajstić information content (AvgIpc) is 3.11. The zero-order valence-electron chi connectivity index (χ0n) is 15.5. The summed E-state index contributed by atoms with van der Waals surface area (Å²) in [6, 6.07) is 6.51. The van der Waals surface area contributed by atoms with E-state index in [0.717, 1.165) is 52.8 Å². The molecule has 0 saturated carbocycles. The van der Waals surface area contributed by atoms with Gasteiger partial charge in [0.05, 0.1) is 6.04 Å². The molecule has 27 heavy (non-hydrogen) atoms. The molecule has 1 unspecified atom stereocenters. The van der Waals surface area contributed by atoms with Gasteiger partial charge in [-0.1, -0.05) is 30.9 Å². The Morgan fingerprint density at radius 2 is 1.93 bits per heavy atom. The van der Waals surface area contributed by atoms with E-state index in [-0.39, 0.29) is 11.9 Å². The van der Waals surface area contributed by atoms with Gasteiger partial charge in [0.25, 0.3) is 0 Å². The summed E-state index contributed by atoms with van der Waals surface area (Å²) in [4.78, 5) is 3.36. The van der Waals surface area contributed by atoms with Crippen LogP contribution in [0.2, 0.25) is 0 Å². The highest BCUT2D eigenvalue weighted by atomic mass is 19.1. The van der Waals surface area contributed by atoms with Crippen molar-refractivity contribution in [3.05, 3.63) is 88.1 Å². The first-order chi connectivity index (χ1) is 13.1. The lowest BCUT2D eigenvalue weighted by Crippen LogP contribution is -2.30. The Labute approximate surface area is 158 Å². The summed E-state index contributed by atoms with van der Waals surface area (Å²) < 4.78 is 13.5. The van der Waals surface area contributed by atoms with Gasteiger partial charge in [0.1, 0.15) is 5.82 Å². The molecule has 0 fully saturated rings. The third-order valence-corrected chi connectivity index (χ3v) is 5.10. The molecule has 0 amide bonds. The Morgan fingerprint density at radius 1 is 1.15 bits per heavy atom. The first-order valence-electron chi connectivity index (χ1n) is 9.33. The predicted octanol–water partition coefficient (Wildman–Crippen LogP) is 3.24. The van der Waals surface area contributed by atoms with Crippen LogP contribution in [0.5, 0.6) is 0 Å². The highest BCUT2D eigenvalue weighted by molar-refractivity contribution is 5.71. The number of dihydropyridines is 1. The number of aromatic amines is 1. The van der Waals surface area contributed by atoms with E-state index >= 15 is 0 Å². The summed E-state index contributed by atoms with van der Waals surface area (Å²) in [5.41, 5.74) is 5.22. The van der Waals surface area contributed by atoms with Crippen molar-refractivity contribution < 1.29 is 4.39 Å². The molecule has 3 N–H and O–H groups in total. The first-order valence-corrected chi connectivity index (χ1v) is 9.33. The van der Waals surface area contributed by atoms with Crippen molar-refractivity contribution in [2.75, 3.05) is 6.54 Å². The predicted molar refractivity (Wildman–Crippen MR) is 109 cm³/mol. The minimum atomic E-state index is -0.234. The molecule has 0 saturated heterocycles. The number of hydrogen-bond acceptors (Lipinski definition) is 2. The van der Waals surface area contributed by atoms with Crippen molar-refractivity contribution in [1.82, 2.24) is 15.6 Å². The van der Waals surface area contributed by atoms with Crippen molar-refractivity contribution in [3.63, 3.8) is 0 Å². The van der Waals surface area contributed by atoms with Crippen LogP contribution in [-0.4, -0.2) is 11.5 Å². The largest absolute Gasteiger partial charge is 0.385 e. The van der Waals surface area contributed by atoms with Crippen LogP contribution in [0.3, 0.4) is 0 Å². The van der Waals surface area contributed by atoms with Crippen LogP contribution in [0, 0.1) is 5.82 Å². The van der Waals surface area contributed by atoms with Gasteiger partial charge >= 0.3 is 0 Å². The number of hydrogen-bond donors (Lipinski definition) is 3. The lowest BCUT2D eigenvalue weighted by molar-refractivity contribution is 0.625. The van der Waals surface area contributed by atoms with Gasteiger partial charge in [-0.25, -0.2) is 4.39 Å². The average molecular weight is 361 g/mol. The molecule has 2 aromatic rings. The maximum atomic E-state index is 13.5. The number of halogens is 1. The van der Waals surface area contributed by atoms with Crippen LogP contribution in [0.4, 0.5) is 4.39 Å². The monoisotopic (exact) mass is 361 g/mol. The van der Waals surface area contributed by atoms with Gasteiger partial charge in [0.15, 0.2) is 0 Å². The topological polar surface area (TPSA) is 39.9 Å². The number of aromatic nitrogens is 1. The summed E-state index contributed by atoms with van der Waals surface area (Å²) in [7, 11) is 0. The summed E-state index contributed by atoms with van der Waals surface area (Å²) in [6.45, 7) is 7.25. The third-order valence-electron chi connectivity index (χ3n) is 5.10. The third kappa shape index (κ3) is 3.61. The van der Waals surface area contributed by atoms with Gasteiger partial charge in [-0.05, 0) is 55.2 Å². The van der Waals surface area contributed by atoms with Crippen molar-refractivity contribution >= 4 is 17.7 Å². The van der Waals surface area contributed by atoms with E-state index in [1.54, 1.807) is 0 Å². The fourth-order valence-electron chi connectivity index (χ4n) is 3.68. The molecule has 3 nitrogen and oxygen atoms in total. The van der Waals surface area contributed by atoms with Gasteiger partial charge in [-0.15, -0.1) is 0 Å². The Bertz CT molecular complexity index is 1040. The molecule has 0 spiro atoms. The van der Waals surface area contributed by atoms with Gasteiger partial charge in [-0.2, -0.15) is 0 Å². The van der Waals surface area contributed by atoms with E-state index in [2.05, 4.69) is 46.5 Å². The zero-order chi connectivity index (χ0) is 18.8. The molecule has 0 bridgehead atoms. The number of rotatable bonds is 5. The lowest BCUT2D eigenvalue weighted by atomic mass is 9.93. The molecule has 1 atom stereocenters. The maximum Gasteiger partial charge on any atom is 0.123 e. The quantitative estimate of drug-likeness (QED) is 0.765. The Kier molecular flexibility index (Phi) is 4.71. The second kappa shape index (κ2) is 7.31. The van der Waals surface area contributed by atoms with Crippen molar-refractivity contribution in [2.45, 2.75) is 25.8 Å². The Balaban J connectivity index is 1.73. The van der Waals surface area contributed by atoms with Crippen molar-refractivity contribution in [2.24, 2.45) is 0 Å².